The molecule has 25 N–H and O–H groups in total. The van der Waals surface area contributed by atoms with Crippen LogP contribution in [0, 0.1) is 11.8 Å². The second-order valence-corrected chi connectivity index (χ2v) is 29.8. The van der Waals surface area contributed by atoms with Crippen molar-refractivity contribution in [3.63, 3.8) is 0 Å². The third-order valence-electron chi connectivity index (χ3n) is 19.6. The maximum absolute atomic E-state index is 15.1. The van der Waals surface area contributed by atoms with Crippen molar-refractivity contribution in [2.45, 2.75) is 301 Å². The van der Waals surface area contributed by atoms with Crippen molar-refractivity contribution in [3.8, 4) is 0 Å². The van der Waals surface area contributed by atoms with Gasteiger partial charge in [0.15, 0.2) is 11.9 Å². The summed E-state index contributed by atoms with van der Waals surface area (Å²) in [6.45, 7) is 12.6. The fourth-order valence-electron chi connectivity index (χ4n) is 13.0. The molecule has 0 aliphatic rings. The van der Waals surface area contributed by atoms with Crippen molar-refractivity contribution in [2.24, 2.45) is 56.2 Å². The zero-order chi connectivity index (χ0) is 83.8. The van der Waals surface area contributed by atoms with Crippen LogP contribution in [-0.2, 0) is 70.4 Å². The molecule has 0 unspecified atom stereocenters. The number of fused-ring (bicyclic) bond motifs is 1. The maximum Gasteiger partial charge on any atom is 0.305 e. The van der Waals surface area contributed by atoms with Gasteiger partial charge in [-0.2, -0.15) is 0 Å². The van der Waals surface area contributed by atoms with Gasteiger partial charge in [0.1, 0.15) is 60.4 Å². The summed E-state index contributed by atoms with van der Waals surface area (Å²) >= 11 is 0. The SMILES string of the molecule is CCCCCCCCCCCCCCCC(=O)N[C@H](C(=O)N[C@@H](CC(=O)O)C(=O)N[C@@H](CCCN=C(N)N)C(=O)N[C@@H](CC(C)C)C(=O)N[C@@H](CCCN=C(N)N)C(=O)N[C@@H](CCCCN)C(=O)N[C@@H](Cc1c[nH]c2ccccc12)C(=O)N[C@@H](CCCC)C(=O)N[C@@H](Cc1ccccc1)C(=O)N[C@H](C(N)=O)[C@@H](C)CC)[C@@H](C)O. The topological polar surface area (TPSA) is 562 Å². The summed E-state index contributed by atoms with van der Waals surface area (Å²) in [5.74, 6) is -12.1. The van der Waals surface area contributed by atoms with E-state index < -0.39 is 144 Å². The average molecular weight is 1590 g/mol. The van der Waals surface area contributed by atoms with Crippen molar-refractivity contribution in [3.05, 3.63) is 71.9 Å². The Balaban J connectivity index is 1.99. The van der Waals surface area contributed by atoms with Crippen LogP contribution < -0.4 is 87.6 Å². The molecule has 2 aromatic carbocycles. The molecule has 3 rings (SSSR count). The molecule has 11 amide bonds. The minimum Gasteiger partial charge on any atom is -0.481 e. The quantitative estimate of drug-likeness (QED) is 0.0219. The van der Waals surface area contributed by atoms with Gasteiger partial charge in [0.25, 0.3) is 0 Å². The number of aromatic amines is 1. The molecule has 0 fully saturated rings. The lowest BCUT2D eigenvalue weighted by molar-refractivity contribution is -0.142. The van der Waals surface area contributed by atoms with Crippen LogP contribution in [-0.4, -0.2) is 184 Å². The fourth-order valence-corrected chi connectivity index (χ4v) is 13.0. The number of aliphatic imine (C=N–C) groups is 2. The number of benzene rings is 2. The summed E-state index contributed by atoms with van der Waals surface area (Å²) in [6, 6.07) is 1.70. The van der Waals surface area contributed by atoms with Crippen molar-refractivity contribution in [1.29, 1.82) is 0 Å². The molecular formula is C80H133N19O14. The first kappa shape index (κ1) is 97.3. The van der Waals surface area contributed by atoms with E-state index in [0.29, 0.717) is 43.2 Å². The molecule has 0 aliphatic heterocycles. The zero-order valence-electron chi connectivity index (χ0n) is 67.6. The number of aliphatic hydroxyl groups excluding tert-OH is 1. The van der Waals surface area contributed by atoms with E-state index in [4.69, 9.17) is 34.4 Å². The number of aliphatic hydroxyl groups is 1. The number of nitrogens with zero attached hydrogens (tertiary/aromatic N) is 2. The van der Waals surface area contributed by atoms with Crippen LogP contribution in [0.3, 0.4) is 0 Å². The Morgan fingerprint density at radius 3 is 1.32 bits per heavy atom. The third-order valence-corrected chi connectivity index (χ3v) is 19.6. The summed E-state index contributed by atoms with van der Waals surface area (Å²) in [7, 11) is 0. The number of para-hydroxylation sites is 1. The normalized spacial score (nSPS) is 14.4. The highest BCUT2D eigenvalue weighted by Gasteiger charge is 2.38. The molecular weight excluding hydrogens is 1450 g/mol. The molecule has 33 nitrogen and oxygen atoms in total. The summed E-state index contributed by atoms with van der Waals surface area (Å²) in [4.78, 5) is 181. The summed E-state index contributed by atoms with van der Waals surface area (Å²) in [5.41, 5.74) is 36.2. The second kappa shape index (κ2) is 54.7. The number of nitrogens with two attached hydrogens (primary N) is 6. The molecule has 0 saturated heterocycles. The molecule has 12 atom stereocenters. The van der Waals surface area contributed by atoms with E-state index in [2.05, 4.69) is 75.1 Å². The van der Waals surface area contributed by atoms with Gasteiger partial charge in [-0.1, -0.05) is 186 Å². The molecule has 3 aromatic rings. The monoisotopic (exact) mass is 1580 g/mol. The van der Waals surface area contributed by atoms with E-state index in [9.17, 15) is 58.2 Å². The Hall–Kier alpha value is -9.92. The van der Waals surface area contributed by atoms with Gasteiger partial charge >= 0.3 is 5.97 Å². The lowest BCUT2D eigenvalue weighted by Crippen LogP contribution is -2.61. The number of carbonyl (C=O) groups is 12. The largest absolute Gasteiger partial charge is 0.481 e. The van der Waals surface area contributed by atoms with Crippen molar-refractivity contribution in [2.75, 3.05) is 19.6 Å². The Kier molecular flexibility index (Phi) is 47.1. The predicted octanol–water partition coefficient (Wildman–Crippen LogP) is 3.14. The van der Waals surface area contributed by atoms with Gasteiger partial charge < -0.3 is 103 Å². The molecule has 0 spiro atoms. The van der Waals surface area contributed by atoms with Gasteiger partial charge in [-0.25, -0.2) is 0 Å². The number of hydrogen-bond acceptors (Lipinski definition) is 16. The number of unbranched alkanes of at least 4 members (excludes halogenated alkanes) is 14. The highest BCUT2D eigenvalue weighted by molar-refractivity contribution is 6.00. The Labute approximate surface area is 665 Å². The molecule has 113 heavy (non-hydrogen) atoms. The first-order chi connectivity index (χ1) is 53.9. The predicted molar refractivity (Wildman–Crippen MR) is 436 cm³/mol. The Morgan fingerprint density at radius 1 is 0.434 bits per heavy atom. The van der Waals surface area contributed by atoms with Crippen molar-refractivity contribution >= 4 is 93.8 Å². The number of guanidine groups is 2. The van der Waals surface area contributed by atoms with Crippen LogP contribution in [0.5, 0.6) is 0 Å². The number of carboxylic acid groups (broad SMARTS) is 1. The van der Waals surface area contributed by atoms with Crippen LogP contribution in [0.2, 0.25) is 0 Å². The molecule has 0 aliphatic carbocycles. The van der Waals surface area contributed by atoms with Gasteiger partial charge in [0.2, 0.25) is 65.0 Å². The van der Waals surface area contributed by atoms with Gasteiger partial charge in [-0.15, -0.1) is 0 Å². The number of aliphatic carboxylic acids is 1. The van der Waals surface area contributed by atoms with Gasteiger partial charge in [0.05, 0.1) is 12.5 Å². The smallest absolute Gasteiger partial charge is 0.305 e. The summed E-state index contributed by atoms with van der Waals surface area (Å²) < 4.78 is 0. The molecule has 1 aromatic heterocycles. The number of aromatic nitrogens is 1. The number of primary amides is 1. The number of carbonyl (C=O) groups excluding carboxylic acids is 11. The van der Waals surface area contributed by atoms with Crippen LogP contribution in [0.1, 0.15) is 233 Å². The minimum absolute atomic E-state index is 0.00127. The highest BCUT2D eigenvalue weighted by atomic mass is 16.4. The number of nitrogens with one attached hydrogen (secondary N) is 11. The molecule has 1 heterocycles. The fraction of sp³-hybridized carbons (Fsp3) is 0.650. The number of hydrogen-bond donors (Lipinski definition) is 19. The van der Waals surface area contributed by atoms with Gasteiger partial charge in [-0.05, 0) is 107 Å². The number of rotatable bonds is 60. The molecule has 33 heteroatoms. The third kappa shape index (κ3) is 38.9. The molecule has 0 radical (unpaired) electrons. The highest BCUT2D eigenvalue weighted by Crippen LogP contribution is 2.22. The van der Waals surface area contributed by atoms with E-state index in [1.807, 2.05) is 32.0 Å². The van der Waals surface area contributed by atoms with E-state index in [-0.39, 0.29) is 114 Å². The first-order valence-corrected chi connectivity index (χ1v) is 40.5. The van der Waals surface area contributed by atoms with Crippen LogP contribution in [0.4, 0.5) is 0 Å². The van der Waals surface area contributed by atoms with Crippen molar-refractivity contribution < 1.29 is 67.7 Å². The van der Waals surface area contributed by atoms with E-state index in [0.717, 1.165) is 43.0 Å². The van der Waals surface area contributed by atoms with Crippen molar-refractivity contribution in [1.82, 2.24) is 58.2 Å². The summed E-state index contributed by atoms with van der Waals surface area (Å²) in [5, 5.41) is 48.2. The molecule has 632 valence electrons. The molecule has 0 bridgehead atoms. The standard InChI is InChI=1S/C80H133N19O14/c1-8-11-13-14-15-16-17-18-19-20-21-22-26-41-65(101)98-68(52(7)100)78(113)97-64(48-66(102)103)76(111)93-60(40-32-44-88-80(85)86)73(108)94-61(45-50(4)5)74(109)92-59(39-31-43-87-79(83)84)70(105)90-58(38-29-30-42-81)72(107)96-63(47-54-49-89-56-37-28-27-35-55(54)56)75(110)91-57(36-12-9-2)71(106)95-62(46-53-33-24-23-25-34-53)77(112)99-67(69(82)104)51(6)10-3/h23-25,27-28,33-35,37,49-52,57-64,67-68,89,100H,8-22,26,29-32,36,38-48,81H2,1-7H3,(H2,82,104)(H,90,105)(H,91,110)(H,92,109)(H,93,111)(H,94,108)(H,95,106)(H,96,107)(H,97,113)(H,98,101)(H,99,112)(H,102,103)(H4,83,84,87)(H4,85,86,88)/t51-,52+,57-,58-,59-,60-,61-,62-,63-,64-,67-,68-/m0/s1. The lowest BCUT2D eigenvalue weighted by atomic mass is 9.97. The summed E-state index contributed by atoms with van der Waals surface area (Å²) in [6.07, 6.45) is 15.2. The molecule has 0 saturated carbocycles. The number of H-pyrrole nitrogens is 1. The lowest BCUT2D eigenvalue weighted by Gasteiger charge is -2.29. The van der Waals surface area contributed by atoms with Crippen LogP contribution in [0.15, 0.2) is 70.8 Å². The number of carboxylic acids is 1. The zero-order valence-corrected chi connectivity index (χ0v) is 67.6. The Morgan fingerprint density at radius 2 is 0.850 bits per heavy atom. The first-order valence-electron chi connectivity index (χ1n) is 40.5. The van der Waals surface area contributed by atoms with E-state index in [1.54, 1.807) is 63.4 Å². The van der Waals surface area contributed by atoms with Crippen LogP contribution >= 0.6 is 0 Å². The minimum atomic E-state index is -1.88. The maximum atomic E-state index is 15.1. The van der Waals surface area contributed by atoms with Gasteiger partial charge in [-0.3, -0.25) is 67.5 Å². The van der Waals surface area contributed by atoms with E-state index in [1.165, 1.54) is 51.9 Å². The average Bonchev–Trinajstić information content (AvgIpc) is 1.75. The van der Waals surface area contributed by atoms with Gasteiger partial charge in [0, 0.05) is 49.5 Å². The Bertz CT molecular complexity index is 3490. The van der Waals surface area contributed by atoms with Crippen LogP contribution in [0.25, 0.3) is 10.9 Å². The van der Waals surface area contributed by atoms with E-state index >= 15 is 9.59 Å². The number of amides is 11. The second-order valence-electron chi connectivity index (χ2n) is 29.8.